The number of sulfonamides is 1. The van der Waals surface area contributed by atoms with Crippen LogP contribution in [0.1, 0.15) is 25.8 Å². The number of hydrogen-bond donors (Lipinski definition) is 2. The maximum absolute atomic E-state index is 11.7. The number of amides is 1. The van der Waals surface area contributed by atoms with E-state index in [4.69, 9.17) is 28.3 Å². The van der Waals surface area contributed by atoms with E-state index in [1.807, 2.05) is 13.8 Å². The molecule has 3 N–H and O–H groups in total. The SMILES string of the molecule is Cc1c(S(N)(=O)=O)cc(Cl)c(NC(=O)CC(C)C)c1Cl. The lowest BCUT2D eigenvalue weighted by molar-refractivity contribution is -0.116. The molecule has 0 saturated heterocycles. The number of nitrogens with two attached hydrogens (primary N) is 1. The summed E-state index contributed by atoms with van der Waals surface area (Å²) in [5, 5.41) is 7.77. The number of carbonyl (C=O) groups is 1. The zero-order valence-electron chi connectivity index (χ0n) is 11.3. The second kappa shape index (κ2) is 6.30. The van der Waals surface area contributed by atoms with Crippen LogP contribution in [-0.4, -0.2) is 14.3 Å². The van der Waals surface area contributed by atoms with Gasteiger partial charge < -0.3 is 5.32 Å². The molecule has 112 valence electrons. The number of hydrogen-bond acceptors (Lipinski definition) is 3. The molecular weight excluding hydrogens is 323 g/mol. The van der Waals surface area contributed by atoms with E-state index >= 15 is 0 Å². The molecule has 1 aromatic carbocycles. The van der Waals surface area contributed by atoms with Crippen LogP contribution in [0, 0.1) is 12.8 Å². The molecule has 1 amide bonds. The van der Waals surface area contributed by atoms with Gasteiger partial charge >= 0.3 is 0 Å². The number of rotatable bonds is 4. The average molecular weight is 339 g/mol. The molecule has 1 rings (SSSR count). The number of carbonyl (C=O) groups excluding carboxylic acids is 1. The summed E-state index contributed by atoms with van der Waals surface area (Å²) in [5.74, 6) is -0.0658. The average Bonchev–Trinajstić information content (AvgIpc) is 2.26. The summed E-state index contributed by atoms with van der Waals surface area (Å²) < 4.78 is 22.8. The van der Waals surface area contributed by atoms with Crippen molar-refractivity contribution in [3.05, 3.63) is 21.7 Å². The van der Waals surface area contributed by atoms with Gasteiger partial charge in [0.1, 0.15) is 0 Å². The zero-order valence-corrected chi connectivity index (χ0v) is 13.7. The van der Waals surface area contributed by atoms with Crippen LogP contribution in [0.5, 0.6) is 0 Å². The largest absolute Gasteiger partial charge is 0.324 e. The maximum atomic E-state index is 11.7. The molecule has 20 heavy (non-hydrogen) atoms. The zero-order chi connectivity index (χ0) is 15.7. The van der Waals surface area contributed by atoms with Crippen molar-refractivity contribution < 1.29 is 13.2 Å². The Bertz CT molecular complexity index is 643. The lowest BCUT2D eigenvalue weighted by atomic mass is 10.1. The molecule has 0 heterocycles. The Balaban J connectivity index is 3.25. The van der Waals surface area contributed by atoms with E-state index in [1.165, 1.54) is 13.0 Å². The topological polar surface area (TPSA) is 89.3 Å². The van der Waals surface area contributed by atoms with Crippen molar-refractivity contribution in [2.45, 2.75) is 32.1 Å². The number of anilines is 1. The molecular formula is C12H16Cl2N2O3S. The van der Waals surface area contributed by atoms with Crippen LogP contribution in [0.3, 0.4) is 0 Å². The Morgan fingerprint density at radius 2 is 1.95 bits per heavy atom. The van der Waals surface area contributed by atoms with E-state index in [0.717, 1.165) is 0 Å². The van der Waals surface area contributed by atoms with Gasteiger partial charge in [-0.2, -0.15) is 0 Å². The quantitative estimate of drug-likeness (QED) is 0.884. The first kappa shape index (κ1) is 17.2. The van der Waals surface area contributed by atoms with E-state index in [1.54, 1.807) is 0 Å². The molecule has 5 nitrogen and oxygen atoms in total. The van der Waals surface area contributed by atoms with Gasteiger partial charge in [-0.25, -0.2) is 13.6 Å². The van der Waals surface area contributed by atoms with Crippen LogP contribution in [0.4, 0.5) is 5.69 Å². The fourth-order valence-corrected chi connectivity index (χ4v) is 3.15. The lowest BCUT2D eigenvalue weighted by Gasteiger charge is -2.14. The maximum Gasteiger partial charge on any atom is 0.238 e. The molecule has 0 aromatic heterocycles. The van der Waals surface area contributed by atoms with Crippen molar-refractivity contribution in [1.29, 1.82) is 0 Å². The third-order valence-electron chi connectivity index (χ3n) is 2.58. The molecule has 0 saturated carbocycles. The van der Waals surface area contributed by atoms with E-state index in [-0.39, 0.29) is 38.0 Å². The second-order valence-electron chi connectivity index (χ2n) is 4.86. The van der Waals surface area contributed by atoms with Gasteiger partial charge in [-0.1, -0.05) is 37.0 Å². The standard InChI is InChI=1S/C12H16Cl2N2O3S/c1-6(2)4-10(17)16-12-8(13)5-9(20(15,18)19)7(3)11(12)14/h5-6H,4H2,1-3H3,(H,16,17)(H2,15,18,19). The predicted molar refractivity (Wildman–Crippen MR) is 80.7 cm³/mol. The highest BCUT2D eigenvalue weighted by Gasteiger charge is 2.20. The van der Waals surface area contributed by atoms with Gasteiger partial charge in [0.05, 0.1) is 20.6 Å². The fraction of sp³-hybridized carbons (Fsp3) is 0.417. The molecule has 0 atom stereocenters. The highest BCUT2D eigenvalue weighted by Crippen LogP contribution is 2.37. The highest BCUT2D eigenvalue weighted by molar-refractivity contribution is 7.89. The Morgan fingerprint density at radius 1 is 1.40 bits per heavy atom. The normalized spacial score (nSPS) is 11.8. The van der Waals surface area contributed by atoms with Crippen LogP contribution in [-0.2, 0) is 14.8 Å². The summed E-state index contributed by atoms with van der Waals surface area (Å²) in [6.07, 6.45) is 0.308. The van der Waals surface area contributed by atoms with Crippen LogP contribution in [0.25, 0.3) is 0 Å². The summed E-state index contributed by atoms with van der Waals surface area (Å²) in [4.78, 5) is 11.6. The van der Waals surface area contributed by atoms with Gasteiger partial charge in [0, 0.05) is 6.42 Å². The van der Waals surface area contributed by atoms with Gasteiger partial charge in [0.2, 0.25) is 15.9 Å². The molecule has 8 heteroatoms. The number of halogens is 2. The van der Waals surface area contributed by atoms with Crippen LogP contribution < -0.4 is 10.5 Å². The van der Waals surface area contributed by atoms with Gasteiger partial charge in [0.25, 0.3) is 0 Å². The number of nitrogens with one attached hydrogen (secondary N) is 1. The Hall–Kier alpha value is -0.820. The highest BCUT2D eigenvalue weighted by atomic mass is 35.5. The summed E-state index contributed by atoms with van der Waals surface area (Å²) >= 11 is 12.0. The van der Waals surface area contributed by atoms with Crippen molar-refractivity contribution in [1.82, 2.24) is 0 Å². The van der Waals surface area contributed by atoms with Crippen molar-refractivity contribution in [2.24, 2.45) is 11.1 Å². The lowest BCUT2D eigenvalue weighted by Crippen LogP contribution is -2.17. The Labute approximate surface area is 128 Å². The van der Waals surface area contributed by atoms with Crippen molar-refractivity contribution in [2.75, 3.05) is 5.32 Å². The molecule has 0 unspecified atom stereocenters. The van der Waals surface area contributed by atoms with Crippen molar-refractivity contribution in [3.8, 4) is 0 Å². The smallest absolute Gasteiger partial charge is 0.238 e. The van der Waals surface area contributed by atoms with E-state index < -0.39 is 10.0 Å². The van der Waals surface area contributed by atoms with Crippen LogP contribution >= 0.6 is 23.2 Å². The predicted octanol–water partition coefficient (Wildman–Crippen LogP) is 2.93. The molecule has 1 aromatic rings. The first-order valence-electron chi connectivity index (χ1n) is 5.85. The van der Waals surface area contributed by atoms with Crippen LogP contribution in [0.15, 0.2) is 11.0 Å². The van der Waals surface area contributed by atoms with Crippen LogP contribution in [0.2, 0.25) is 10.0 Å². The molecule has 0 aliphatic heterocycles. The minimum atomic E-state index is -3.92. The minimum Gasteiger partial charge on any atom is -0.324 e. The summed E-state index contributed by atoms with van der Waals surface area (Å²) in [7, 11) is -3.92. The number of benzene rings is 1. The van der Waals surface area contributed by atoms with Gasteiger partial charge in [-0.05, 0) is 24.5 Å². The Morgan fingerprint density at radius 3 is 2.40 bits per heavy atom. The van der Waals surface area contributed by atoms with Gasteiger partial charge in [-0.15, -0.1) is 0 Å². The molecule has 0 fully saturated rings. The molecule has 0 aliphatic carbocycles. The third-order valence-corrected chi connectivity index (χ3v) is 4.39. The summed E-state index contributed by atoms with van der Waals surface area (Å²) in [5.41, 5.74) is 0.447. The first-order valence-corrected chi connectivity index (χ1v) is 8.15. The molecule has 0 aliphatic rings. The van der Waals surface area contributed by atoms with Crippen molar-refractivity contribution in [3.63, 3.8) is 0 Å². The number of primary sulfonamides is 1. The Kier molecular flexibility index (Phi) is 5.43. The third kappa shape index (κ3) is 4.09. The summed E-state index contributed by atoms with van der Waals surface area (Å²) in [6, 6.07) is 1.18. The molecule has 0 bridgehead atoms. The second-order valence-corrected chi connectivity index (χ2v) is 7.18. The van der Waals surface area contributed by atoms with Crippen molar-refractivity contribution >= 4 is 44.8 Å². The van der Waals surface area contributed by atoms with E-state index in [0.29, 0.717) is 6.42 Å². The fourth-order valence-electron chi connectivity index (χ4n) is 1.67. The molecule has 0 radical (unpaired) electrons. The molecule has 0 spiro atoms. The van der Waals surface area contributed by atoms with Gasteiger partial charge in [-0.3, -0.25) is 4.79 Å². The van der Waals surface area contributed by atoms with E-state index in [9.17, 15) is 13.2 Å². The minimum absolute atomic E-state index is 0.0294. The van der Waals surface area contributed by atoms with Gasteiger partial charge in [0.15, 0.2) is 0 Å². The first-order chi connectivity index (χ1) is 9.04. The summed E-state index contributed by atoms with van der Waals surface area (Å²) in [6.45, 7) is 5.30. The van der Waals surface area contributed by atoms with E-state index in [2.05, 4.69) is 5.32 Å². The monoisotopic (exact) mass is 338 g/mol.